The lowest BCUT2D eigenvalue weighted by Gasteiger charge is -2.16. The summed E-state index contributed by atoms with van der Waals surface area (Å²) in [6.45, 7) is 6.23. The normalized spacial score (nSPS) is 10.9. The highest BCUT2D eigenvalue weighted by molar-refractivity contribution is 9.10. The van der Waals surface area contributed by atoms with Crippen LogP contribution in [0.4, 0.5) is 5.69 Å². The van der Waals surface area contributed by atoms with Gasteiger partial charge in [0.1, 0.15) is 0 Å². The van der Waals surface area contributed by atoms with E-state index in [0.717, 1.165) is 4.47 Å². The van der Waals surface area contributed by atoms with Crippen LogP contribution in [0, 0.1) is 0 Å². The lowest BCUT2D eigenvalue weighted by atomic mass is 10.2. The molecule has 9 heteroatoms. The minimum absolute atomic E-state index is 0.00119. The fourth-order valence-electron chi connectivity index (χ4n) is 2.53. The summed E-state index contributed by atoms with van der Waals surface area (Å²) in [5.74, 6) is 0.536. The number of halogens is 2. The van der Waals surface area contributed by atoms with Gasteiger partial charge in [-0.3, -0.25) is 9.59 Å². The van der Waals surface area contributed by atoms with Crippen molar-refractivity contribution in [3.63, 3.8) is 0 Å². The first kappa shape index (κ1) is 24.7. The molecule has 0 bridgehead atoms. The van der Waals surface area contributed by atoms with E-state index in [1.54, 1.807) is 30.3 Å². The van der Waals surface area contributed by atoms with E-state index in [1.165, 1.54) is 6.21 Å². The highest BCUT2D eigenvalue weighted by Gasteiger charge is 2.13. The van der Waals surface area contributed by atoms with Gasteiger partial charge in [0.2, 0.25) is 11.8 Å². The molecule has 2 rings (SSSR count). The van der Waals surface area contributed by atoms with E-state index in [0.29, 0.717) is 34.4 Å². The molecule has 166 valence electrons. The van der Waals surface area contributed by atoms with Crippen LogP contribution in [0.5, 0.6) is 11.5 Å². The van der Waals surface area contributed by atoms with Gasteiger partial charge in [0.15, 0.2) is 11.5 Å². The van der Waals surface area contributed by atoms with E-state index in [4.69, 9.17) is 21.1 Å². The van der Waals surface area contributed by atoms with Crippen LogP contribution in [-0.4, -0.2) is 30.7 Å². The van der Waals surface area contributed by atoms with Crippen LogP contribution in [0.3, 0.4) is 0 Å². The fourth-order valence-corrected chi connectivity index (χ4v) is 3.27. The van der Waals surface area contributed by atoms with Gasteiger partial charge in [-0.25, -0.2) is 5.43 Å². The zero-order valence-electron chi connectivity index (χ0n) is 17.6. The molecule has 2 N–H and O–H groups in total. The number of carbonyl (C=O) groups excluding carboxylic acids is 2. The van der Waals surface area contributed by atoms with E-state index in [9.17, 15) is 9.59 Å². The summed E-state index contributed by atoms with van der Waals surface area (Å²) in [6, 6.07) is 10.4. The number of carbonyl (C=O) groups is 2. The lowest BCUT2D eigenvalue weighted by molar-refractivity contribution is -0.124. The van der Waals surface area contributed by atoms with Crippen molar-refractivity contribution in [2.75, 3.05) is 11.9 Å². The van der Waals surface area contributed by atoms with Crippen molar-refractivity contribution < 1.29 is 19.1 Å². The molecular weight excluding hydrogens is 486 g/mol. The van der Waals surface area contributed by atoms with E-state index in [-0.39, 0.29) is 30.8 Å². The van der Waals surface area contributed by atoms with Crippen molar-refractivity contribution in [3.05, 3.63) is 51.5 Å². The minimum atomic E-state index is -0.374. The molecule has 0 aromatic heterocycles. The smallest absolute Gasteiger partial charge is 0.240 e. The van der Waals surface area contributed by atoms with E-state index in [2.05, 4.69) is 31.8 Å². The van der Waals surface area contributed by atoms with Crippen LogP contribution in [0.15, 0.2) is 46.0 Å². The molecular formula is C22H25BrClN3O4. The predicted molar refractivity (Wildman–Crippen MR) is 126 cm³/mol. The van der Waals surface area contributed by atoms with Crippen molar-refractivity contribution >= 4 is 51.2 Å². The molecule has 0 aliphatic carbocycles. The van der Waals surface area contributed by atoms with Crippen molar-refractivity contribution in [3.8, 4) is 11.5 Å². The average Bonchev–Trinajstić information content (AvgIpc) is 2.69. The molecule has 7 nitrogen and oxygen atoms in total. The van der Waals surface area contributed by atoms with E-state index in [1.807, 2.05) is 26.8 Å². The summed E-state index contributed by atoms with van der Waals surface area (Å²) in [4.78, 5) is 23.9. The summed E-state index contributed by atoms with van der Waals surface area (Å²) in [7, 11) is 0. The van der Waals surface area contributed by atoms with Gasteiger partial charge in [0.25, 0.3) is 0 Å². The SMILES string of the molecule is CCOc1cc(C=NNC(=O)CCC(=O)Nc2cccc(Cl)c2)cc(Br)c1OC(C)C. The Labute approximate surface area is 195 Å². The van der Waals surface area contributed by atoms with Crippen molar-refractivity contribution in [2.45, 2.75) is 39.7 Å². The van der Waals surface area contributed by atoms with Crippen LogP contribution < -0.4 is 20.2 Å². The second kappa shape index (κ2) is 12.3. The lowest BCUT2D eigenvalue weighted by Crippen LogP contribution is -2.20. The third-order valence-corrected chi connectivity index (χ3v) is 4.60. The highest BCUT2D eigenvalue weighted by Crippen LogP contribution is 2.37. The highest BCUT2D eigenvalue weighted by atomic mass is 79.9. The van der Waals surface area contributed by atoms with Crippen molar-refractivity contribution in [2.24, 2.45) is 5.10 Å². The van der Waals surface area contributed by atoms with E-state index >= 15 is 0 Å². The standard InChI is InChI=1S/C22H25BrClN3O4/c1-4-30-19-11-15(10-18(23)22(19)31-14(2)3)13-25-27-21(29)9-8-20(28)26-17-7-5-6-16(24)12-17/h5-7,10-14H,4,8-9H2,1-3H3,(H,26,28)(H,27,29). The molecule has 0 heterocycles. The molecule has 2 amide bonds. The molecule has 0 saturated heterocycles. The Morgan fingerprint density at radius 1 is 1.19 bits per heavy atom. The fraction of sp³-hybridized carbons (Fsp3) is 0.318. The summed E-state index contributed by atoms with van der Waals surface area (Å²) in [5, 5.41) is 7.17. The minimum Gasteiger partial charge on any atom is -0.490 e. The second-order valence-corrected chi connectivity index (χ2v) is 8.07. The maximum Gasteiger partial charge on any atom is 0.240 e. The Hall–Kier alpha value is -2.58. The maximum atomic E-state index is 12.0. The Bertz CT molecular complexity index is 950. The predicted octanol–water partition coefficient (Wildman–Crippen LogP) is 5.16. The molecule has 2 aromatic rings. The molecule has 0 aliphatic heterocycles. The van der Waals surface area contributed by atoms with Gasteiger partial charge < -0.3 is 14.8 Å². The van der Waals surface area contributed by atoms with Gasteiger partial charge >= 0.3 is 0 Å². The largest absolute Gasteiger partial charge is 0.490 e. The molecule has 0 atom stereocenters. The van der Waals surface area contributed by atoms with Crippen molar-refractivity contribution in [1.29, 1.82) is 0 Å². The zero-order valence-corrected chi connectivity index (χ0v) is 19.9. The number of nitrogens with one attached hydrogen (secondary N) is 2. The molecule has 0 radical (unpaired) electrons. The number of hydrogen-bond acceptors (Lipinski definition) is 5. The number of amides is 2. The summed E-state index contributed by atoms with van der Waals surface area (Å²) in [5.41, 5.74) is 3.71. The Kier molecular flexibility index (Phi) is 9.81. The topological polar surface area (TPSA) is 89.0 Å². The first-order chi connectivity index (χ1) is 14.8. The first-order valence-corrected chi connectivity index (χ1v) is 11.0. The van der Waals surface area contributed by atoms with Crippen LogP contribution in [0.25, 0.3) is 0 Å². The number of hydrazone groups is 1. The molecule has 0 unspecified atom stereocenters. The van der Waals surface area contributed by atoms with E-state index < -0.39 is 0 Å². The number of hydrogen-bond donors (Lipinski definition) is 2. The van der Waals surface area contributed by atoms with Gasteiger partial charge in [-0.2, -0.15) is 5.10 Å². The molecule has 0 aliphatic rings. The number of rotatable bonds is 10. The van der Waals surface area contributed by atoms with Gasteiger partial charge in [0, 0.05) is 23.6 Å². The Morgan fingerprint density at radius 2 is 1.94 bits per heavy atom. The third-order valence-electron chi connectivity index (χ3n) is 3.78. The van der Waals surface area contributed by atoms with Gasteiger partial charge in [-0.1, -0.05) is 17.7 Å². The maximum absolute atomic E-state index is 12.0. The number of ether oxygens (including phenoxy) is 2. The monoisotopic (exact) mass is 509 g/mol. The number of nitrogens with zero attached hydrogens (tertiary/aromatic N) is 1. The van der Waals surface area contributed by atoms with Crippen LogP contribution in [-0.2, 0) is 9.59 Å². The van der Waals surface area contributed by atoms with Crippen molar-refractivity contribution in [1.82, 2.24) is 5.43 Å². The van der Waals surface area contributed by atoms with Gasteiger partial charge in [0.05, 0.1) is 23.4 Å². The molecule has 0 saturated carbocycles. The summed E-state index contributed by atoms with van der Waals surface area (Å²) in [6.07, 6.45) is 1.51. The quantitative estimate of drug-likeness (QED) is 0.341. The van der Waals surface area contributed by atoms with Gasteiger partial charge in [-0.15, -0.1) is 0 Å². The number of anilines is 1. The molecule has 2 aromatic carbocycles. The van der Waals surface area contributed by atoms with Gasteiger partial charge in [-0.05, 0) is 72.6 Å². The molecule has 31 heavy (non-hydrogen) atoms. The Morgan fingerprint density at radius 3 is 2.61 bits per heavy atom. The van der Waals surface area contributed by atoms with Crippen LogP contribution in [0.1, 0.15) is 39.2 Å². The second-order valence-electron chi connectivity index (χ2n) is 6.78. The number of benzene rings is 2. The first-order valence-electron chi connectivity index (χ1n) is 9.78. The van der Waals surface area contributed by atoms with Crippen LogP contribution >= 0.6 is 27.5 Å². The molecule has 0 spiro atoms. The Balaban J connectivity index is 1.89. The third kappa shape index (κ3) is 8.59. The average molecular weight is 511 g/mol. The zero-order chi connectivity index (χ0) is 22.8. The van der Waals surface area contributed by atoms with Crippen LogP contribution in [0.2, 0.25) is 5.02 Å². The molecule has 0 fully saturated rings. The summed E-state index contributed by atoms with van der Waals surface area (Å²) >= 11 is 9.37. The summed E-state index contributed by atoms with van der Waals surface area (Å²) < 4.78 is 12.2.